The first-order valence-electron chi connectivity index (χ1n) is 8.67. The van der Waals surface area contributed by atoms with E-state index in [1.807, 2.05) is 18.2 Å². The monoisotopic (exact) mass is 414 g/mol. The predicted octanol–water partition coefficient (Wildman–Crippen LogP) is 4.62. The van der Waals surface area contributed by atoms with Crippen LogP contribution in [-0.4, -0.2) is 18.1 Å². The first-order valence-corrected chi connectivity index (χ1v) is 9.46. The highest BCUT2D eigenvalue weighted by atomic mass is 79.9. The fourth-order valence-electron chi connectivity index (χ4n) is 4.12. The number of nitrogens with zero attached hydrogens (tertiary/aromatic N) is 1. The number of halogens is 2. The molecule has 1 amide bonds. The van der Waals surface area contributed by atoms with Gasteiger partial charge in [0.25, 0.3) is 0 Å². The van der Waals surface area contributed by atoms with Gasteiger partial charge < -0.3 is 10.2 Å². The van der Waals surface area contributed by atoms with Crippen molar-refractivity contribution < 1.29 is 9.18 Å². The van der Waals surface area contributed by atoms with Crippen LogP contribution in [0.5, 0.6) is 0 Å². The number of benzene rings is 2. The summed E-state index contributed by atoms with van der Waals surface area (Å²) < 4.78 is 14.2. The summed E-state index contributed by atoms with van der Waals surface area (Å²) in [4.78, 5) is 14.6. The molecule has 0 bridgehead atoms. The lowest BCUT2D eigenvalue weighted by molar-refractivity contribution is -0.124. The van der Waals surface area contributed by atoms with Crippen molar-refractivity contribution in [3.63, 3.8) is 0 Å². The van der Waals surface area contributed by atoms with Crippen molar-refractivity contribution in [2.24, 2.45) is 0 Å². The minimum absolute atomic E-state index is 0.0463. The Hall–Kier alpha value is -2.14. The average Bonchev–Trinajstić information content (AvgIpc) is 2.79. The Balaban J connectivity index is 1.84. The third-order valence-electron chi connectivity index (χ3n) is 5.58. The van der Waals surface area contributed by atoms with Crippen LogP contribution in [0.2, 0.25) is 0 Å². The van der Waals surface area contributed by atoms with Crippen molar-refractivity contribution >= 4 is 33.6 Å². The standard InChI is InChI=1S/C21H20BrFN2O/c1-20(2)17-13-15(22)5-8-18(17)25-12-10-19(26)24-21(20,25)11-9-14-3-6-16(23)7-4-14/h3-9,11,13H,10,12H2,1-2H3,(H,24,26)/b11-9+. The highest BCUT2D eigenvalue weighted by Crippen LogP contribution is 2.53. The lowest BCUT2D eigenvalue weighted by atomic mass is 9.74. The third kappa shape index (κ3) is 2.49. The predicted molar refractivity (Wildman–Crippen MR) is 105 cm³/mol. The van der Waals surface area contributed by atoms with E-state index in [4.69, 9.17) is 0 Å². The molecule has 5 heteroatoms. The Labute approximate surface area is 161 Å². The number of hydrogen-bond donors (Lipinski definition) is 1. The zero-order valence-electron chi connectivity index (χ0n) is 14.7. The van der Waals surface area contributed by atoms with Gasteiger partial charge in [-0.05, 0) is 47.5 Å². The van der Waals surface area contributed by atoms with Crippen molar-refractivity contribution in [2.75, 3.05) is 11.4 Å². The van der Waals surface area contributed by atoms with E-state index in [-0.39, 0.29) is 17.1 Å². The average molecular weight is 415 g/mol. The maximum absolute atomic E-state index is 13.2. The highest BCUT2D eigenvalue weighted by Gasteiger charge is 2.57. The zero-order valence-corrected chi connectivity index (χ0v) is 16.3. The van der Waals surface area contributed by atoms with Crippen LogP contribution < -0.4 is 10.2 Å². The van der Waals surface area contributed by atoms with Crippen LogP contribution in [0.1, 0.15) is 31.4 Å². The molecule has 2 heterocycles. The molecular formula is C21H20BrFN2O. The van der Waals surface area contributed by atoms with Gasteiger partial charge in [0.2, 0.25) is 5.91 Å². The molecule has 0 spiro atoms. The van der Waals surface area contributed by atoms with Crippen LogP contribution in [0, 0.1) is 5.82 Å². The van der Waals surface area contributed by atoms with E-state index in [1.165, 1.54) is 17.7 Å². The molecule has 0 aromatic heterocycles. The second-order valence-electron chi connectivity index (χ2n) is 7.39. The Morgan fingerprint density at radius 1 is 1.19 bits per heavy atom. The van der Waals surface area contributed by atoms with Crippen LogP contribution in [0.3, 0.4) is 0 Å². The molecular weight excluding hydrogens is 395 g/mol. The smallest absolute Gasteiger partial charge is 0.223 e. The molecule has 0 aliphatic carbocycles. The Morgan fingerprint density at radius 2 is 1.92 bits per heavy atom. The Morgan fingerprint density at radius 3 is 2.65 bits per heavy atom. The van der Waals surface area contributed by atoms with Crippen LogP contribution in [0.15, 0.2) is 53.0 Å². The maximum Gasteiger partial charge on any atom is 0.223 e. The van der Waals surface area contributed by atoms with Crippen LogP contribution in [-0.2, 0) is 10.2 Å². The first-order chi connectivity index (χ1) is 12.3. The third-order valence-corrected chi connectivity index (χ3v) is 6.07. The van der Waals surface area contributed by atoms with E-state index in [2.05, 4.69) is 52.1 Å². The van der Waals surface area contributed by atoms with Crippen molar-refractivity contribution in [2.45, 2.75) is 31.3 Å². The van der Waals surface area contributed by atoms with Crippen LogP contribution >= 0.6 is 15.9 Å². The van der Waals surface area contributed by atoms with Gasteiger partial charge in [-0.25, -0.2) is 4.39 Å². The van der Waals surface area contributed by atoms with Gasteiger partial charge in [0.05, 0.1) is 0 Å². The molecule has 134 valence electrons. The van der Waals surface area contributed by atoms with Crippen molar-refractivity contribution in [3.05, 3.63) is 70.0 Å². The molecule has 0 radical (unpaired) electrons. The quantitative estimate of drug-likeness (QED) is 0.777. The number of fused-ring (bicyclic) bond motifs is 3. The summed E-state index contributed by atoms with van der Waals surface area (Å²) >= 11 is 3.57. The topological polar surface area (TPSA) is 32.3 Å². The molecule has 2 aliphatic rings. The van der Waals surface area contributed by atoms with Gasteiger partial charge in [0, 0.05) is 28.5 Å². The number of anilines is 1. The number of rotatable bonds is 2. The zero-order chi connectivity index (χ0) is 18.5. The molecule has 0 saturated carbocycles. The van der Waals surface area contributed by atoms with E-state index in [0.29, 0.717) is 13.0 Å². The van der Waals surface area contributed by atoms with E-state index in [9.17, 15) is 9.18 Å². The molecule has 1 atom stereocenters. The maximum atomic E-state index is 13.2. The van der Waals surface area contributed by atoms with E-state index in [0.717, 1.165) is 15.7 Å². The van der Waals surface area contributed by atoms with Crippen LogP contribution in [0.4, 0.5) is 10.1 Å². The normalized spacial score (nSPS) is 23.7. The molecule has 1 saturated heterocycles. The van der Waals surface area contributed by atoms with Gasteiger partial charge in [-0.1, -0.05) is 48.0 Å². The summed E-state index contributed by atoms with van der Waals surface area (Å²) in [7, 11) is 0. The number of carbonyl (C=O) groups excluding carboxylic acids is 1. The Bertz CT molecular complexity index is 907. The molecule has 2 aromatic carbocycles. The molecule has 4 rings (SSSR count). The molecule has 1 unspecified atom stereocenters. The summed E-state index contributed by atoms with van der Waals surface area (Å²) in [6.07, 6.45) is 4.48. The number of hydrogen-bond acceptors (Lipinski definition) is 2. The number of amides is 1. The van der Waals surface area contributed by atoms with Crippen LogP contribution in [0.25, 0.3) is 6.08 Å². The minimum atomic E-state index is -0.653. The first kappa shape index (κ1) is 17.3. The molecule has 1 fully saturated rings. The fraction of sp³-hybridized carbons (Fsp3) is 0.286. The molecule has 26 heavy (non-hydrogen) atoms. The van der Waals surface area contributed by atoms with Gasteiger partial charge in [-0.3, -0.25) is 4.79 Å². The highest BCUT2D eigenvalue weighted by molar-refractivity contribution is 9.10. The second kappa shape index (κ2) is 5.95. The fourth-order valence-corrected chi connectivity index (χ4v) is 4.48. The summed E-state index contributed by atoms with van der Waals surface area (Å²) in [5.41, 5.74) is 2.24. The second-order valence-corrected chi connectivity index (χ2v) is 8.30. The molecule has 3 nitrogen and oxygen atoms in total. The summed E-state index contributed by atoms with van der Waals surface area (Å²) in [6, 6.07) is 12.6. The van der Waals surface area contributed by atoms with Gasteiger partial charge in [0.1, 0.15) is 11.5 Å². The van der Waals surface area contributed by atoms with Crippen molar-refractivity contribution in [1.29, 1.82) is 0 Å². The summed E-state index contributed by atoms with van der Waals surface area (Å²) in [5, 5.41) is 3.24. The van der Waals surface area contributed by atoms with Gasteiger partial charge in [-0.2, -0.15) is 0 Å². The van der Waals surface area contributed by atoms with E-state index >= 15 is 0 Å². The van der Waals surface area contributed by atoms with Crippen molar-refractivity contribution in [1.82, 2.24) is 5.32 Å². The SMILES string of the molecule is CC1(C)c2cc(Br)ccc2N2CCC(=O)NC21/C=C/c1ccc(F)cc1. The Kier molecular flexibility index (Phi) is 3.95. The number of carbonyl (C=O) groups is 1. The summed E-state index contributed by atoms with van der Waals surface area (Å²) in [5.74, 6) is -0.212. The lowest BCUT2D eigenvalue weighted by Gasteiger charge is -2.49. The minimum Gasteiger partial charge on any atom is -0.344 e. The molecule has 2 aromatic rings. The summed E-state index contributed by atoms with van der Waals surface area (Å²) in [6.45, 7) is 4.97. The van der Waals surface area contributed by atoms with Crippen molar-refractivity contribution in [3.8, 4) is 0 Å². The molecule has 1 N–H and O–H groups in total. The lowest BCUT2D eigenvalue weighted by Crippen LogP contribution is -2.68. The van der Waals surface area contributed by atoms with Gasteiger partial charge in [0.15, 0.2) is 0 Å². The van der Waals surface area contributed by atoms with E-state index in [1.54, 1.807) is 12.1 Å². The molecule has 2 aliphatic heterocycles. The van der Waals surface area contributed by atoms with Gasteiger partial charge >= 0.3 is 0 Å². The number of nitrogens with one attached hydrogen (secondary N) is 1. The van der Waals surface area contributed by atoms with Gasteiger partial charge in [-0.15, -0.1) is 0 Å². The largest absolute Gasteiger partial charge is 0.344 e. The van der Waals surface area contributed by atoms with E-state index < -0.39 is 5.66 Å².